The van der Waals surface area contributed by atoms with Crippen molar-refractivity contribution in [3.05, 3.63) is 12.5 Å². The summed E-state index contributed by atoms with van der Waals surface area (Å²) in [5.74, 6) is 0.660. The second-order valence-corrected chi connectivity index (χ2v) is 1.34. The quantitative estimate of drug-likeness (QED) is 0.685. The number of nitrogens with one attached hydrogen (secondary N) is 1. The largest absolute Gasteiger partial charge is 0.477 e. The second-order valence-electron chi connectivity index (χ2n) is 1.34. The van der Waals surface area contributed by atoms with Crippen molar-refractivity contribution in [1.29, 1.82) is 0 Å². The Morgan fingerprint density at radius 3 is 3.00 bits per heavy atom. The number of rotatable bonds is 2. The van der Waals surface area contributed by atoms with Gasteiger partial charge in [-0.15, -0.1) is 12.4 Å². The molecular formula is C5H9ClN2O. The predicted octanol–water partition coefficient (Wildman–Crippen LogP) is 1.23. The Labute approximate surface area is 59.9 Å². The summed E-state index contributed by atoms with van der Waals surface area (Å²) < 4.78 is 5.00. The molecule has 0 aliphatic rings. The number of imidazole rings is 1. The van der Waals surface area contributed by atoms with E-state index < -0.39 is 0 Å². The maximum absolute atomic E-state index is 5.00. The molecule has 4 heteroatoms. The van der Waals surface area contributed by atoms with Gasteiger partial charge in [-0.2, -0.15) is 0 Å². The van der Waals surface area contributed by atoms with E-state index in [-0.39, 0.29) is 12.4 Å². The van der Waals surface area contributed by atoms with E-state index in [1.54, 1.807) is 12.5 Å². The standard InChI is InChI=1S/C5H8N2O.ClH/c1-2-8-5-3-6-4-7-5;/h3-4H,2H2,1H3,(H,6,7);1H. The fourth-order valence-electron chi connectivity index (χ4n) is 0.474. The molecule has 1 rings (SSSR count). The molecule has 0 spiro atoms. The summed E-state index contributed by atoms with van der Waals surface area (Å²) in [5.41, 5.74) is 0. The number of hydrogen-bond acceptors (Lipinski definition) is 2. The highest BCUT2D eigenvalue weighted by Crippen LogP contribution is 1.99. The predicted molar refractivity (Wildman–Crippen MR) is 37.0 cm³/mol. The number of aromatic amines is 1. The third-order valence-electron chi connectivity index (χ3n) is 0.765. The maximum atomic E-state index is 5.00. The zero-order valence-corrected chi connectivity index (χ0v) is 5.94. The third-order valence-corrected chi connectivity index (χ3v) is 0.765. The summed E-state index contributed by atoms with van der Waals surface area (Å²) in [6, 6.07) is 0. The fourth-order valence-corrected chi connectivity index (χ4v) is 0.474. The van der Waals surface area contributed by atoms with Crippen LogP contribution in [-0.4, -0.2) is 16.6 Å². The van der Waals surface area contributed by atoms with E-state index in [1.807, 2.05) is 6.92 Å². The Hall–Kier alpha value is -0.700. The van der Waals surface area contributed by atoms with Crippen LogP contribution in [0, 0.1) is 0 Å². The molecule has 1 aromatic heterocycles. The molecule has 0 radical (unpaired) electrons. The molecule has 0 bridgehead atoms. The van der Waals surface area contributed by atoms with Crippen molar-refractivity contribution < 1.29 is 4.74 Å². The van der Waals surface area contributed by atoms with Crippen LogP contribution in [0.25, 0.3) is 0 Å². The van der Waals surface area contributed by atoms with Crippen LogP contribution in [0.4, 0.5) is 0 Å². The Morgan fingerprint density at radius 1 is 1.78 bits per heavy atom. The van der Waals surface area contributed by atoms with Crippen molar-refractivity contribution in [3.8, 4) is 5.88 Å². The van der Waals surface area contributed by atoms with Gasteiger partial charge in [0.05, 0.1) is 19.1 Å². The zero-order valence-electron chi connectivity index (χ0n) is 5.13. The van der Waals surface area contributed by atoms with Crippen LogP contribution in [0.3, 0.4) is 0 Å². The van der Waals surface area contributed by atoms with E-state index in [4.69, 9.17) is 4.74 Å². The molecule has 0 unspecified atom stereocenters. The molecule has 0 aliphatic carbocycles. The van der Waals surface area contributed by atoms with Gasteiger partial charge in [-0.25, -0.2) is 4.98 Å². The number of hydrogen-bond donors (Lipinski definition) is 1. The van der Waals surface area contributed by atoms with Gasteiger partial charge in [0.25, 0.3) is 0 Å². The molecule has 0 aliphatic heterocycles. The van der Waals surface area contributed by atoms with Crippen molar-refractivity contribution >= 4 is 12.4 Å². The minimum Gasteiger partial charge on any atom is -0.477 e. The van der Waals surface area contributed by atoms with Crippen molar-refractivity contribution in [2.75, 3.05) is 6.61 Å². The van der Waals surface area contributed by atoms with E-state index in [0.29, 0.717) is 12.5 Å². The van der Waals surface area contributed by atoms with E-state index in [1.165, 1.54) is 0 Å². The van der Waals surface area contributed by atoms with Crippen molar-refractivity contribution in [3.63, 3.8) is 0 Å². The molecule has 1 heterocycles. The highest BCUT2D eigenvalue weighted by molar-refractivity contribution is 5.85. The van der Waals surface area contributed by atoms with Gasteiger partial charge in [-0.3, -0.25) is 0 Å². The van der Waals surface area contributed by atoms with Gasteiger partial charge in [0.15, 0.2) is 0 Å². The van der Waals surface area contributed by atoms with Crippen LogP contribution in [0.5, 0.6) is 5.88 Å². The first kappa shape index (κ1) is 8.30. The zero-order chi connectivity index (χ0) is 5.82. The van der Waals surface area contributed by atoms with Crippen LogP contribution in [-0.2, 0) is 0 Å². The van der Waals surface area contributed by atoms with Crippen molar-refractivity contribution in [1.82, 2.24) is 9.97 Å². The first-order valence-corrected chi connectivity index (χ1v) is 2.55. The van der Waals surface area contributed by atoms with Gasteiger partial charge in [0, 0.05) is 0 Å². The van der Waals surface area contributed by atoms with Crippen LogP contribution in [0.2, 0.25) is 0 Å². The maximum Gasteiger partial charge on any atom is 0.231 e. The molecule has 0 aromatic carbocycles. The summed E-state index contributed by atoms with van der Waals surface area (Å²) in [6.45, 7) is 2.60. The lowest BCUT2D eigenvalue weighted by Crippen LogP contribution is -1.89. The molecular weight excluding hydrogens is 140 g/mol. The number of aromatic nitrogens is 2. The van der Waals surface area contributed by atoms with Gasteiger partial charge in [0.2, 0.25) is 5.88 Å². The SMILES string of the molecule is CCOc1c[nH]cn1.Cl. The van der Waals surface area contributed by atoms with Crippen molar-refractivity contribution in [2.45, 2.75) is 6.92 Å². The number of halogens is 1. The number of nitrogens with zero attached hydrogens (tertiary/aromatic N) is 1. The van der Waals surface area contributed by atoms with E-state index in [2.05, 4.69) is 9.97 Å². The van der Waals surface area contributed by atoms with Crippen LogP contribution < -0.4 is 4.74 Å². The van der Waals surface area contributed by atoms with E-state index in [9.17, 15) is 0 Å². The van der Waals surface area contributed by atoms with E-state index >= 15 is 0 Å². The number of H-pyrrole nitrogens is 1. The number of ether oxygens (including phenoxy) is 1. The van der Waals surface area contributed by atoms with Gasteiger partial charge in [0.1, 0.15) is 0 Å². The summed E-state index contributed by atoms with van der Waals surface area (Å²) in [7, 11) is 0. The van der Waals surface area contributed by atoms with Gasteiger partial charge in [-0.05, 0) is 6.92 Å². The molecule has 9 heavy (non-hydrogen) atoms. The van der Waals surface area contributed by atoms with Crippen molar-refractivity contribution in [2.24, 2.45) is 0 Å². The van der Waals surface area contributed by atoms with Crippen LogP contribution in [0.1, 0.15) is 6.92 Å². The van der Waals surface area contributed by atoms with Gasteiger partial charge >= 0.3 is 0 Å². The summed E-state index contributed by atoms with van der Waals surface area (Å²) in [4.78, 5) is 6.61. The Morgan fingerprint density at radius 2 is 2.56 bits per heavy atom. The summed E-state index contributed by atoms with van der Waals surface area (Å²) in [5, 5.41) is 0. The molecule has 3 nitrogen and oxygen atoms in total. The van der Waals surface area contributed by atoms with E-state index in [0.717, 1.165) is 0 Å². The molecule has 0 fully saturated rings. The molecule has 52 valence electrons. The molecule has 1 aromatic rings. The molecule has 1 N–H and O–H groups in total. The lowest BCUT2D eigenvalue weighted by Gasteiger charge is -1.92. The molecule has 0 saturated heterocycles. The monoisotopic (exact) mass is 148 g/mol. The lowest BCUT2D eigenvalue weighted by atomic mass is 10.8. The smallest absolute Gasteiger partial charge is 0.231 e. The molecule has 0 amide bonds. The average Bonchev–Trinajstić information content (AvgIpc) is 2.19. The van der Waals surface area contributed by atoms with Crippen LogP contribution >= 0.6 is 12.4 Å². The highest BCUT2D eigenvalue weighted by Gasteiger charge is 1.87. The Bertz CT molecular complexity index is 141. The highest BCUT2D eigenvalue weighted by atomic mass is 35.5. The fraction of sp³-hybridized carbons (Fsp3) is 0.400. The Kier molecular flexibility index (Phi) is 3.88. The third kappa shape index (κ3) is 2.37. The minimum atomic E-state index is 0. The van der Waals surface area contributed by atoms with Gasteiger partial charge in [-0.1, -0.05) is 0 Å². The summed E-state index contributed by atoms with van der Waals surface area (Å²) >= 11 is 0. The first-order valence-electron chi connectivity index (χ1n) is 2.55. The normalized spacial score (nSPS) is 8.11. The topological polar surface area (TPSA) is 37.9 Å². The average molecular weight is 149 g/mol. The van der Waals surface area contributed by atoms with Crippen LogP contribution in [0.15, 0.2) is 12.5 Å². The Balaban J connectivity index is 0.000000640. The molecule has 0 atom stereocenters. The second kappa shape index (κ2) is 4.21. The summed E-state index contributed by atoms with van der Waals surface area (Å²) in [6.07, 6.45) is 3.30. The first-order chi connectivity index (χ1) is 3.93. The lowest BCUT2D eigenvalue weighted by molar-refractivity contribution is 0.328. The van der Waals surface area contributed by atoms with Gasteiger partial charge < -0.3 is 9.72 Å². The molecule has 0 saturated carbocycles. The minimum absolute atomic E-state index is 0.